The van der Waals surface area contributed by atoms with Gasteiger partial charge in [0.15, 0.2) is 0 Å². The van der Waals surface area contributed by atoms with Crippen LogP contribution in [0.15, 0.2) is 47.0 Å². The van der Waals surface area contributed by atoms with Crippen molar-refractivity contribution < 1.29 is 33.5 Å². The van der Waals surface area contributed by atoms with Gasteiger partial charge in [-0.3, -0.25) is 10.1 Å². The van der Waals surface area contributed by atoms with Gasteiger partial charge in [0.25, 0.3) is 5.69 Å². The molecule has 0 saturated carbocycles. The zero-order valence-corrected chi connectivity index (χ0v) is 21.8. The van der Waals surface area contributed by atoms with Crippen molar-refractivity contribution in [2.45, 2.75) is 66.0 Å². The minimum atomic E-state index is -0.997. The first kappa shape index (κ1) is 28.3. The number of alkyl carbamates (subject to hydrolysis) is 1. The molecule has 1 aromatic rings. The van der Waals surface area contributed by atoms with E-state index in [1.165, 1.54) is 25.3 Å². The van der Waals surface area contributed by atoms with Crippen LogP contribution in [0, 0.1) is 16.0 Å². The lowest BCUT2D eigenvalue weighted by atomic mass is 9.85. The number of amides is 1. The second-order valence-corrected chi connectivity index (χ2v) is 9.72. The summed E-state index contributed by atoms with van der Waals surface area (Å²) in [5.41, 5.74) is 0.369. The Labute approximate surface area is 210 Å². The van der Waals surface area contributed by atoms with Crippen LogP contribution >= 0.6 is 0 Å². The van der Waals surface area contributed by atoms with E-state index in [1.807, 2.05) is 0 Å². The summed E-state index contributed by atoms with van der Waals surface area (Å²) in [5.74, 6) is -2.58. The van der Waals surface area contributed by atoms with Gasteiger partial charge in [0, 0.05) is 17.8 Å². The maximum absolute atomic E-state index is 13.0. The largest absolute Gasteiger partial charge is 0.466 e. The minimum Gasteiger partial charge on any atom is -0.466 e. The highest BCUT2D eigenvalue weighted by Crippen LogP contribution is 2.40. The lowest BCUT2D eigenvalue weighted by molar-refractivity contribution is -0.384. The number of methoxy groups -OCH3 is 1. The number of nitrogens with zero attached hydrogens (tertiary/aromatic N) is 1. The maximum atomic E-state index is 13.0. The van der Waals surface area contributed by atoms with E-state index in [-0.39, 0.29) is 22.9 Å². The molecule has 2 N–H and O–H groups in total. The van der Waals surface area contributed by atoms with Crippen LogP contribution in [0.25, 0.3) is 0 Å². The Morgan fingerprint density at radius 2 is 1.78 bits per heavy atom. The van der Waals surface area contributed by atoms with Gasteiger partial charge in [-0.15, -0.1) is 0 Å². The van der Waals surface area contributed by atoms with Crippen molar-refractivity contribution in [1.82, 2.24) is 10.6 Å². The van der Waals surface area contributed by atoms with Crippen LogP contribution in [0.1, 0.15) is 59.9 Å². The minimum absolute atomic E-state index is 0.0330. The lowest BCUT2D eigenvalue weighted by Gasteiger charge is -2.31. The average Bonchev–Trinajstić information content (AvgIpc) is 2.77. The van der Waals surface area contributed by atoms with Crippen LogP contribution < -0.4 is 10.6 Å². The predicted molar refractivity (Wildman–Crippen MR) is 130 cm³/mol. The molecule has 0 aliphatic carbocycles. The van der Waals surface area contributed by atoms with Crippen molar-refractivity contribution in [3.8, 4) is 0 Å². The third-order valence-electron chi connectivity index (χ3n) is 5.32. The topological polar surface area (TPSA) is 146 Å². The molecule has 36 heavy (non-hydrogen) atoms. The molecule has 1 aromatic carbocycles. The van der Waals surface area contributed by atoms with Crippen molar-refractivity contribution in [3.05, 3.63) is 62.7 Å². The molecule has 0 unspecified atom stereocenters. The van der Waals surface area contributed by atoms with Gasteiger partial charge in [-0.2, -0.15) is 0 Å². The number of rotatable bonds is 7. The molecule has 2 rings (SSSR count). The zero-order chi connectivity index (χ0) is 27.4. The molecule has 196 valence electrons. The summed E-state index contributed by atoms with van der Waals surface area (Å²) in [6.45, 7) is 11.9. The summed E-state index contributed by atoms with van der Waals surface area (Å²) in [6, 6.07) is 4.69. The van der Waals surface area contributed by atoms with Crippen molar-refractivity contribution in [2.75, 3.05) is 7.11 Å². The van der Waals surface area contributed by atoms with Crippen LogP contribution in [0.4, 0.5) is 10.5 Å². The van der Waals surface area contributed by atoms with Crippen LogP contribution in [0.2, 0.25) is 0 Å². The summed E-state index contributed by atoms with van der Waals surface area (Å²) in [7, 11) is 1.21. The van der Waals surface area contributed by atoms with Crippen LogP contribution in [0.5, 0.6) is 0 Å². The van der Waals surface area contributed by atoms with E-state index in [0.717, 1.165) is 0 Å². The Bertz CT molecular complexity index is 1110. The first-order chi connectivity index (χ1) is 16.7. The summed E-state index contributed by atoms with van der Waals surface area (Å²) < 4.78 is 16.0. The number of ether oxygens (including phenoxy) is 3. The standard InChI is InChI=1S/C25H33N3O8/c1-13(2)20(23(30)36-25(5,6)7)27-24(31)35-21-15(4)26-14(3)18(22(29)34-8)19(21)16-10-9-11-17(12-16)28(32)33/h9-13,19-20,26H,1-8H3,(H,27,31)/t19-,20+/m1/s1. The van der Waals surface area contributed by atoms with Crippen molar-refractivity contribution in [1.29, 1.82) is 0 Å². The fourth-order valence-corrected chi connectivity index (χ4v) is 3.75. The Hall–Kier alpha value is -3.89. The Morgan fingerprint density at radius 3 is 2.31 bits per heavy atom. The number of hydrogen-bond donors (Lipinski definition) is 2. The third-order valence-corrected chi connectivity index (χ3v) is 5.32. The van der Waals surface area contributed by atoms with E-state index >= 15 is 0 Å². The fraction of sp³-hybridized carbons (Fsp3) is 0.480. The normalized spacial score (nSPS) is 16.8. The average molecular weight is 504 g/mol. The van der Waals surface area contributed by atoms with Crippen molar-refractivity contribution in [2.24, 2.45) is 5.92 Å². The lowest BCUT2D eigenvalue weighted by Crippen LogP contribution is -2.47. The van der Waals surface area contributed by atoms with Gasteiger partial charge in [-0.1, -0.05) is 26.0 Å². The zero-order valence-electron chi connectivity index (χ0n) is 21.8. The molecular weight excluding hydrogens is 470 g/mol. The Morgan fingerprint density at radius 1 is 1.14 bits per heavy atom. The highest BCUT2D eigenvalue weighted by Gasteiger charge is 2.38. The Balaban J connectivity index is 2.47. The molecular formula is C25H33N3O8. The fourth-order valence-electron chi connectivity index (χ4n) is 3.75. The summed E-state index contributed by atoms with van der Waals surface area (Å²) >= 11 is 0. The van der Waals surface area contributed by atoms with E-state index in [1.54, 1.807) is 54.5 Å². The SMILES string of the molecule is COC(=O)C1=C(C)NC(C)=C(OC(=O)N[C@H](C(=O)OC(C)(C)C)C(C)C)[C@@H]1c1cccc([N+](=O)[O-])c1. The van der Waals surface area contributed by atoms with E-state index in [0.29, 0.717) is 17.0 Å². The van der Waals surface area contributed by atoms with Gasteiger partial charge in [0.05, 0.1) is 29.2 Å². The van der Waals surface area contributed by atoms with E-state index in [4.69, 9.17) is 14.2 Å². The number of esters is 2. The van der Waals surface area contributed by atoms with Gasteiger partial charge >= 0.3 is 18.0 Å². The first-order valence-electron chi connectivity index (χ1n) is 11.4. The number of non-ortho nitro benzene ring substituents is 1. The van der Waals surface area contributed by atoms with E-state index in [2.05, 4.69) is 10.6 Å². The quantitative estimate of drug-likeness (QED) is 0.243. The number of nitro groups is 1. The molecule has 0 radical (unpaired) electrons. The van der Waals surface area contributed by atoms with Gasteiger partial charge in [0.2, 0.25) is 0 Å². The highest BCUT2D eigenvalue weighted by atomic mass is 16.6. The van der Waals surface area contributed by atoms with E-state index in [9.17, 15) is 24.5 Å². The number of carbonyl (C=O) groups is 3. The molecule has 1 aliphatic heterocycles. The molecule has 0 aromatic heterocycles. The molecule has 1 heterocycles. The van der Waals surface area contributed by atoms with Gasteiger partial charge in [-0.25, -0.2) is 14.4 Å². The number of nitrogens with one attached hydrogen (secondary N) is 2. The van der Waals surface area contributed by atoms with Crippen molar-refractivity contribution >= 4 is 23.7 Å². The second-order valence-electron chi connectivity index (χ2n) is 9.72. The van der Waals surface area contributed by atoms with Crippen LogP contribution in [0.3, 0.4) is 0 Å². The van der Waals surface area contributed by atoms with Gasteiger partial charge in [0.1, 0.15) is 17.4 Å². The maximum Gasteiger partial charge on any atom is 0.413 e. The number of allylic oxidation sites excluding steroid dienone is 3. The number of carbonyl (C=O) groups excluding carboxylic acids is 3. The Kier molecular flexibility index (Phi) is 8.84. The summed E-state index contributed by atoms with van der Waals surface area (Å²) in [5, 5.41) is 16.9. The van der Waals surface area contributed by atoms with Crippen molar-refractivity contribution in [3.63, 3.8) is 0 Å². The number of nitro benzene ring substituents is 1. The molecule has 11 heteroatoms. The molecule has 0 spiro atoms. The monoisotopic (exact) mass is 503 g/mol. The van der Waals surface area contributed by atoms with Crippen LogP contribution in [-0.4, -0.2) is 41.7 Å². The molecule has 0 bridgehead atoms. The molecule has 0 fully saturated rings. The number of dihydropyridines is 1. The summed E-state index contributed by atoms with van der Waals surface area (Å²) in [6.07, 6.45) is -0.949. The second kappa shape index (κ2) is 11.2. The molecule has 11 nitrogen and oxygen atoms in total. The predicted octanol–water partition coefficient (Wildman–Crippen LogP) is 4.05. The third kappa shape index (κ3) is 6.83. The number of hydrogen-bond acceptors (Lipinski definition) is 9. The van der Waals surface area contributed by atoms with Crippen LogP contribution in [-0.2, 0) is 23.8 Å². The molecule has 1 amide bonds. The van der Waals surface area contributed by atoms with E-state index < -0.39 is 40.5 Å². The molecule has 2 atom stereocenters. The number of benzene rings is 1. The summed E-state index contributed by atoms with van der Waals surface area (Å²) in [4.78, 5) is 49.2. The van der Waals surface area contributed by atoms with Gasteiger partial charge in [-0.05, 0) is 46.1 Å². The smallest absolute Gasteiger partial charge is 0.413 e. The molecule has 0 saturated heterocycles. The van der Waals surface area contributed by atoms with Gasteiger partial charge < -0.3 is 24.8 Å². The molecule has 1 aliphatic rings. The highest BCUT2D eigenvalue weighted by molar-refractivity contribution is 5.92. The first-order valence-corrected chi connectivity index (χ1v) is 11.4.